The zero-order valence-electron chi connectivity index (χ0n) is 20.0. The van der Waals surface area contributed by atoms with Crippen molar-refractivity contribution in [1.29, 1.82) is 0 Å². The van der Waals surface area contributed by atoms with Gasteiger partial charge in [-0.05, 0) is 42.8 Å². The summed E-state index contributed by atoms with van der Waals surface area (Å²) in [5.41, 5.74) is 0.753. The van der Waals surface area contributed by atoms with Gasteiger partial charge in [0, 0.05) is 43.8 Å². The maximum absolute atomic E-state index is 13.9. The number of carboxylic acid groups (broad SMARTS) is 1. The number of hydrogen-bond acceptors (Lipinski definition) is 6. The number of rotatable bonds is 8. The van der Waals surface area contributed by atoms with E-state index in [2.05, 4.69) is 20.5 Å². The summed E-state index contributed by atoms with van der Waals surface area (Å²) in [5.74, 6) is -1.85. The van der Waals surface area contributed by atoms with Crippen LogP contribution in [-0.4, -0.2) is 72.0 Å². The predicted molar refractivity (Wildman–Crippen MR) is 135 cm³/mol. The Morgan fingerprint density at radius 3 is 2.47 bits per heavy atom. The SMILES string of the molecule is CCCNC(=O)CN1CCN(c2cc(C(=O)O)c3cc(NC(=O)c4ccccc4F)ccc3n2)CC1. The summed E-state index contributed by atoms with van der Waals surface area (Å²) in [7, 11) is 0. The lowest BCUT2D eigenvalue weighted by Crippen LogP contribution is -2.49. The second-order valence-electron chi connectivity index (χ2n) is 8.61. The Hall–Kier alpha value is -4.05. The number of carboxylic acids is 1. The number of aromatic carboxylic acids is 1. The molecule has 0 bridgehead atoms. The lowest BCUT2D eigenvalue weighted by Gasteiger charge is -2.35. The highest BCUT2D eigenvalue weighted by atomic mass is 19.1. The Bertz CT molecular complexity index is 1290. The van der Waals surface area contributed by atoms with Crippen LogP contribution in [0.5, 0.6) is 0 Å². The first-order valence-electron chi connectivity index (χ1n) is 11.8. The van der Waals surface area contributed by atoms with Crippen molar-refractivity contribution < 1.29 is 23.9 Å². The van der Waals surface area contributed by atoms with Crippen LogP contribution in [0.4, 0.5) is 15.9 Å². The third kappa shape index (κ3) is 5.77. The van der Waals surface area contributed by atoms with Crippen molar-refractivity contribution in [2.24, 2.45) is 0 Å². The lowest BCUT2D eigenvalue weighted by molar-refractivity contribution is -0.122. The number of benzene rings is 2. The van der Waals surface area contributed by atoms with Gasteiger partial charge in [0.25, 0.3) is 5.91 Å². The van der Waals surface area contributed by atoms with Crippen LogP contribution in [0.2, 0.25) is 0 Å². The first-order chi connectivity index (χ1) is 17.4. The van der Waals surface area contributed by atoms with Crippen LogP contribution < -0.4 is 15.5 Å². The summed E-state index contributed by atoms with van der Waals surface area (Å²) in [4.78, 5) is 45.3. The molecule has 188 valence electrons. The number of fused-ring (bicyclic) bond motifs is 1. The van der Waals surface area contributed by atoms with Gasteiger partial charge < -0.3 is 20.6 Å². The molecule has 1 aliphatic heterocycles. The fourth-order valence-electron chi connectivity index (χ4n) is 4.13. The van der Waals surface area contributed by atoms with Crippen molar-refractivity contribution in [3.8, 4) is 0 Å². The van der Waals surface area contributed by atoms with E-state index in [9.17, 15) is 23.9 Å². The molecule has 4 rings (SSSR count). The van der Waals surface area contributed by atoms with Crippen molar-refractivity contribution in [2.75, 3.05) is 49.5 Å². The van der Waals surface area contributed by atoms with Crippen molar-refractivity contribution in [2.45, 2.75) is 13.3 Å². The average Bonchev–Trinajstić information content (AvgIpc) is 2.87. The maximum atomic E-state index is 13.9. The van der Waals surface area contributed by atoms with Crippen LogP contribution in [0.25, 0.3) is 10.9 Å². The summed E-state index contributed by atoms with van der Waals surface area (Å²) in [5, 5.41) is 15.7. The highest BCUT2D eigenvalue weighted by molar-refractivity contribution is 6.08. The third-order valence-corrected chi connectivity index (χ3v) is 6.04. The number of hydrogen-bond donors (Lipinski definition) is 3. The molecule has 1 aliphatic rings. The third-order valence-electron chi connectivity index (χ3n) is 6.04. The molecule has 36 heavy (non-hydrogen) atoms. The van der Waals surface area contributed by atoms with E-state index in [1.807, 2.05) is 11.8 Å². The molecule has 3 aromatic rings. The van der Waals surface area contributed by atoms with Gasteiger partial charge in [0.15, 0.2) is 0 Å². The fraction of sp³-hybridized carbons (Fsp3) is 0.308. The second-order valence-corrected chi connectivity index (χ2v) is 8.61. The van der Waals surface area contributed by atoms with Gasteiger partial charge in [0.05, 0.1) is 23.2 Å². The molecule has 2 aromatic carbocycles. The number of nitrogens with one attached hydrogen (secondary N) is 2. The van der Waals surface area contributed by atoms with E-state index in [-0.39, 0.29) is 17.0 Å². The molecular formula is C26H28FN5O4. The van der Waals surface area contributed by atoms with E-state index in [1.165, 1.54) is 30.3 Å². The maximum Gasteiger partial charge on any atom is 0.336 e. The smallest absolute Gasteiger partial charge is 0.336 e. The normalized spacial score (nSPS) is 14.0. The van der Waals surface area contributed by atoms with Gasteiger partial charge in [-0.3, -0.25) is 14.5 Å². The Balaban J connectivity index is 1.51. The van der Waals surface area contributed by atoms with E-state index in [0.29, 0.717) is 61.7 Å². The van der Waals surface area contributed by atoms with Gasteiger partial charge in [-0.1, -0.05) is 19.1 Å². The van der Waals surface area contributed by atoms with Crippen LogP contribution in [-0.2, 0) is 4.79 Å². The Morgan fingerprint density at radius 2 is 1.78 bits per heavy atom. The first-order valence-corrected chi connectivity index (χ1v) is 11.8. The van der Waals surface area contributed by atoms with Gasteiger partial charge in [-0.2, -0.15) is 0 Å². The number of halogens is 1. The molecule has 2 amide bonds. The van der Waals surface area contributed by atoms with E-state index in [1.54, 1.807) is 18.2 Å². The zero-order valence-corrected chi connectivity index (χ0v) is 20.0. The molecule has 3 N–H and O–H groups in total. The van der Waals surface area contributed by atoms with Gasteiger partial charge >= 0.3 is 5.97 Å². The number of anilines is 2. The molecule has 0 unspecified atom stereocenters. The Kier molecular flexibility index (Phi) is 7.74. The highest BCUT2D eigenvalue weighted by Crippen LogP contribution is 2.27. The molecule has 0 atom stereocenters. The molecule has 0 aliphatic carbocycles. The van der Waals surface area contributed by atoms with Crippen molar-refractivity contribution >= 4 is 40.2 Å². The summed E-state index contributed by atoms with van der Waals surface area (Å²) < 4.78 is 13.9. The van der Waals surface area contributed by atoms with Crippen molar-refractivity contribution in [1.82, 2.24) is 15.2 Å². The van der Waals surface area contributed by atoms with Gasteiger partial charge in [-0.25, -0.2) is 14.2 Å². The van der Waals surface area contributed by atoms with Crippen LogP contribution >= 0.6 is 0 Å². The van der Waals surface area contributed by atoms with E-state index in [4.69, 9.17) is 0 Å². The van der Waals surface area contributed by atoms with Crippen molar-refractivity contribution in [3.05, 3.63) is 65.5 Å². The quantitative estimate of drug-likeness (QED) is 0.442. The topological polar surface area (TPSA) is 115 Å². The largest absolute Gasteiger partial charge is 0.478 e. The zero-order chi connectivity index (χ0) is 25.7. The van der Waals surface area contributed by atoms with Crippen LogP contribution in [0.15, 0.2) is 48.5 Å². The summed E-state index contributed by atoms with van der Waals surface area (Å²) in [6.07, 6.45) is 0.887. The Morgan fingerprint density at radius 1 is 1.03 bits per heavy atom. The number of amides is 2. The highest BCUT2D eigenvalue weighted by Gasteiger charge is 2.22. The number of carbonyl (C=O) groups is 3. The van der Waals surface area contributed by atoms with Crippen LogP contribution in [0.3, 0.4) is 0 Å². The molecule has 2 heterocycles. The molecule has 9 nitrogen and oxygen atoms in total. The van der Waals surface area contributed by atoms with Crippen molar-refractivity contribution in [3.63, 3.8) is 0 Å². The monoisotopic (exact) mass is 493 g/mol. The molecular weight excluding hydrogens is 465 g/mol. The predicted octanol–water partition coefficient (Wildman–Crippen LogP) is 2.97. The summed E-state index contributed by atoms with van der Waals surface area (Å²) in [6.45, 7) is 5.52. The molecule has 1 fully saturated rings. The molecule has 0 radical (unpaired) electrons. The minimum absolute atomic E-state index is 0.000177. The minimum atomic E-state index is -1.12. The van der Waals surface area contributed by atoms with E-state index >= 15 is 0 Å². The summed E-state index contributed by atoms with van der Waals surface area (Å²) in [6, 6.07) is 11.9. The number of carbonyl (C=O) groups excluding carboxylic acids is 2. The number of aromatic nitrogens is 1. The molecule has 10 heteroatoms. The van der Waals surface area contributed by atoms with Crippen LogP contribution in [0.1, 0.15) is 34.1 Å². The standard InChI is InChI=1S/C26H28FN5O4/c1-2-9-28-24(33)16-31-10-12-32(13-11-31)23-15-20(26(35)36)19-14-17(7-8-22(19)30-23)29-25(34)18-5-3-4-6-21(18)27/h3-8,14-15H,2,9-13,16H2,1H3,(H,28,33)(H,29,34)(H,35,36). The number of nitrogens with zero attached hydrogens (tertiary/aromatic N) is 3. The number of piperazine rings is 1. The molecule has 1 aromatic heterocycles. The minimum Gasteiger partial charge on any atom is -0.478 e. The Labute approximate surface area is 207 Å². The lowest BCUT2D eigenvalue weighted by atomic mass is 10.1. The summed E-state index contributed by atoms with van der Waals surface area (Å²) >= 11 is 0. The molecule has 1 saturated heterocycles. The van der Waals surface area contributed by atoms with Gasteiger partial charge in [-0.15, -0.1) is 0 Å². The van der Waals surface area contributed by atoms with Gasteiger partial charge in [0.1, 0.15) is 11.6 Å². The average molecular weight is 494 g/mol. The van der Waals surface area contributed by atoms with E-state index < -0.39 is 17.7 Å². The van der Waals surface area contributed by atoms with Crippen LogP contribution in [0, 0.1) is 5.82 Å². The van der Waals surface area contributed by atoms with E-state index in [0.717, 1.165) is 6.42 Å². The van der Waals surface area contributed by atoms with Gasteiger partial charge in [0.2, 0.25) is 5.91 Å². The first kappa shape index (κ1) is 25.1. The molecule has 0 spiro atoms. The number of pyridine rings is 1. The second kappa shape index (κ2) is 11.1. The fourth-order valence-corrected chi connectivity index (χ4v) is 4.13. The molecule has 0 saturated carbocycles.